The first kappa shape index (κ1) is 15.5. The van der Waals surface area contributed by atoms with Crippen LogP contribution >= 0.6 is 0 Å². The van der Waals surface area contributed by atoms with Crippen LogP contribution in [0.25, 0.3) is 10.9 Å². The van der Waals surface area contributed by atoms with Gasteiger partial charge < -0.3 is 9.39 Å². The molecule has 4 rings (SSSR count). The molecule has 5 heteroatoms. The van der Waals surface area contributed by atoms with Crippen LogP contribution in [0.2, 0.25) is 0 Å². The summed E-state index contributed by atoms with van der Waals surface area (Å²) in [6, 6.07) is 17.9. The lowest BCUT2D eigenvalue weighted by atomic mass is 9.61. The van der Waals surface area contributed by atoms with E-state index in [1.165, 1.54) is 0 Å². The van der Waals surface area contributed by atoms with E-state index in [4.69, 9.17) is 9.39 Å². The number of aromatic nitrogens is 1. The fourth-order valence-electron chi connectivity index (χ4n) is 2.89. The number of rotatable bonds is 5. The quantitative estimate of drug-likeness (QED) is 0.676. The molecule has 0 unspecified atom stereocenters. The summed E-state index contributed by atoms with van der Waals surface area (Å²) in [4.78, 5) is 8.77. The van der Waals surface area contributed by atoms with Crippen LogP contribution in [0.1, 0.15) is 5.56 Å². The van der Waals surface area contributed by atoms with Crippen molar-refractivity contribution >= 4 is 29.2 Å². The molecule has 3 aromatic rings. The number of hydrogen-bond acceptors (Lipinski definition) is 4. The van der Waals surface area contributed by atoms with Crippen LogP contribution in [0, 0.1) is 0 Å². The Morgan fingerprint density at radius 3 is 2.68 bits per heavy atom. The van der Waals surface area contributed by atoms with E-state index in [9.17, 15) is 0 Å². The number of fused-ring (bicyclic) bond motifs is 1. The standard InChI is InChI=1S/C20H17BN2O2/c1-2-21(17-10-8-16(9-11-17)20-23-13-14-24-20)25-18-7-3-5-15-6-4-12-22-19(15)18/h2-12H,1,13-14H2. The molecular weight excluding hydrogens is 311 g/mol. The maximum Gasteiger partial charge on any atom is 0.418 e. The molecule has 0 amide bonds. The van der Waals surface area contributed by atoms with Crippen molar-refractivity contribution in [3.8, 4) is 5.75 Å². The van der Waals surface area contributed by atoms with Gasteiger partial charge in [0.1, 0.15) is 17.9 Å². The van der Waals surface area contributed by atoms with Gasteiger partial charge in [0.2, 0.25) is 5.90 Å². The average Bonchev–Trinajstić information content (AvgIpc) is 3.21. The SMILES string of the molecule is C=CB(Oc1cccc2cccnc12)c1ccc(C2=NCCO2)cc1. The number of hydrogen-bond donors (Lipinski definition) is 0. The summed E-state index contributed by atoms with van der Waals surface area (Å²) in [5, 5.41) is 1.05. The molecule has 1 aliphatic rings. The molecule has 25 heavy (non-hydrogen) atoms. The average molecular weight is 328 g/mol. The molecule has 0 saturated carbocycles. The summed E-state index contributed by atoms with van der Waals surface area (Å²) in [5.74, 6) is 3.25. The Bertz CT molecular complexity index is 933. The molecule has 0 N–H and O–H groups in total. The lowest BCUT2D eigenvalue weighted by molar-refractivity contribution is 0.348. The van der Waals surface area contributed by atoms with Gasteiger partial charge in [-0.3, -0.25) is 4.98 Å². The van der Waals surface area contributed by atoms with Crippen molar-refractivity contribution in [1.29, 1.82) is 0 Å². The molecule has 2 aromatic carbocycles. The smallest absolute Gasteiger partial charge is 0.418 e. The van der Waals surface area contributed by atoms with E-state index in [2.05, 4.69) is 16.6 Å². The number of aliphatic imine (C=N–C) groups is 1. The van der Waals surface area contributed by atoms with E-state index in [0.717, 1.165) is 34.2 Å². The van der Waals surface area contributed by atoms with Crippen molar-refractivity contribution in [2.45, 2.75) is 0 Å². The summed E-state index contributed by atoms with van der Waals surface area (Å²) in [6.07, 6.45) is 1.77. The zero-order valence-corrected chi connectivity index (χ0v) is 13.8. The largest absolute Gasteiger partial charge is 0.550 e. The number of ether oxygens (including phenoxy) is 1. The first-order chi connectivity index (χ1) is 12.3. The number of nitrogens with zero attached hydrogens (tertiary/aromatic N) is 2. The van der Waals surface area contributed by atoms with E-state index >= 15 is 0 Å². The van der Waals surface area contributed by atoms with Crippen molar-refractivity contribution in [2.24, 2.45) is 4.99 Å². The highest BCUT2D eigenvalue weighted by atomic mass is 16.5. The molecule has 0 atom stereocenters. The minimum atomic E-state index is -0.256. The molecule has 0 spiro atoms. The minimum absolute atomic E-state index is 0.256. The molecule has 2 heterocycles. The third kappa shape index (κ3) is 3.13. The summed E-state index contributed by atoms with van der Waals surface area (Å²) in [5.41, 5.74) is 2.85. The Kier molecular flexibility index (Phi) is 4.21. The van der Waals surface area contributed by atoms with Gasteiger partial charge in [0.25, 0.3) is 0 Å². The topological polar surface area (TPSA) is 43.7 Å². The molecule has 0 aliphatic carbocycles. The van der Waals surface area contributed by atoms with Gasteiger partial charge in [-0.2, -0.15) is 0 Å². The highest BCUT2D eigenvalue weighted by Gasteiger charge is 2.19. The second-order valence-corrected chi connectivity index (χ2v) is 5.76. The van der Waals surface area contributed by atoms with Crippen LogP contribution in [0.5, 0.6) is 5.75 Å². The minimum Gasteiger partial charge on any atom is -0.550 e. The summed E-state index contributed by atoms with van der Waals surface area (Å²) >= 11 is 0. The Hall–Kier alpha value is -3.08. The van der Waals surface area contributed by atoms with Gasteiger partial charge in [0.05, 0.1) is 6.54 Å². The Labute approximate surface area is 146 Å². The van der Waals surface area contributed by atoms with E-state index in [0.29, 0.717) is 12.5 Å². The Morgan fingerprint density at radius 2 is 1.92 bits per heavy atom. The second-order valence-electron chi connectivity index (χ2n) is 5.76. The van der Waals surface area contributed by atoms with Crippen LogP contribution in [-0.4, -0.2) is 30.9 Å². The van der Waals surface area contributed by atoms with Gasteiger partial charge in [-0.05, 0) is 29.7 Å². The van der Waals surface area contributed by atoms with Gasteiger partial charge in [-0.15, -0.1) is 6.58 Å². The van der Waals surface area contributed by atoms with Gasteiger partial charge >= 0.3 is 6.92 Å². The third-order valence-electron chi connectivity index (χ3n) is 4.14. The summed E-state index contributed by atoms with van der Waals surface area (Å²) in [6.45, 7) is 5.05. The van der Waals surface area contributed by atoms with Crippen LogP contribution in [0.3, 0.4) is 0 Å². The monoisotopic (exact) mass is 328 g/mol. The maximum atomic E-state index is 6.19. The second kappa shape index (κ2) is 6.81. The van der Waals surface area contributed by atoms with Crippen molar-refractivity contribution in [1.82, 2.24) is 4.98 Å². The third-order valence-corrected chi connectivity index (χ3v) is 4.14. The van der Waals surface area contributed by atoms with Gasteiger partial charge in [0, 0.05) is 17.1 Å². The van der Waals surface area contributed by atoms with E-state index in [1.54, 1.807) is 12.2 Å². The van der Waals surface area contributed by atoms with Crippen LogP contribution < -0.4 is 10.1 Å². The van der Waals surface area contributed by atoms with Crippen LogP contribution in [0.15, 0.2) is 78.3 Å². The van der Waals surface area contributed by atoms with E-state index in [1.807, 2.05) is 54.6 Å². The molecule has 0 fully saturated rings. The molecule has 1 aromatic heterocycles. The Balaban J connectivity index is 1.60. The first-order valence-corrected chi connectivity index (χ1v) is 8.26. The number of pyridine rings is 1. The fraction of sp³-hybridized carbons (Fsp3) is 0.100. The molecule has 1 aliphatic heterocycles. The summed E-state index contributed by atoms with van der Waals surface area (Å²) < 4.78 is 11.7. The molecule has 4 nitrogen and oxygen atoms in total. The summed E-state index contributed by atoms with van der Waals surface area (Å²) in [7, 11) is 0. The predicted molar refractivity (Wildman–Crippen MR) is 102 cm³/mol. The van der Waals surface area contributed by atoms with Crippen molar-refractivity contribution in [3.05, 3.63) is 78.9 Å². The molecule has 0 saturated heterocycles. The Morgan fingerprint density at radius 1 is 1.08 bits per heavy atom. The zero-order chi connectivity index (χ0) is 17.1. The normalized spacial score (nSPS) is 13.2. The molecular formula is C20H17BN2O2. The number of para-hydroxylation sites is 1. The van der Waals surface area contributed by atoms with E-state index < -0.39 is 0 Å². The predicted octanol–water partition coefficient (Wildman–Crippen LogP) is 3.01. The van der Waals surface area contributed by atoms with Crippen LogP contribution in [-0.2, 0) is 4.74 Å². The molecule has 0 radical (unpaired) electrons. The fourth-order valence-corrected chi connectivity index (χ4v) is 2.89. The lowest BCUT2D eigenvalue weighted by Gasteiger charge is -2.14. The molecule has 122 valence electrons. The van der Waals surface area contributed by atoms with Crippen molar-refractivity contribution in [3.63, 3.8) is 0 Å². The van der Waals surface area contributed by atoms with Crippen molar-refractivity contribution in [2.75, 3.05) is 13.2 Å². The lowest BCUT2D eigenvalue weighted by Crippen LogP contribution is -2.34. The van der Waals surface area contributed by atoms with Gasteiger partial charge in [-0.1, -0.05) is 36.3 Å². The number of benzene rings is 2. The highest BCUT2D eigenvalue weighted by Crippen LogP contribution is 2.23. The highest BCUT2D eigenvalue weighted by molar-refractivity contribution is 6.72. The molecule has 0 bridgehead atoms. The maximum absolute atomic E-state index is 6.19. The van der Waals surface area contributed by atoms with Crippen molar-refractivity contribution < 1.29 is 9.39 Å². The van der Waals surface area contributed by atoms with Gasteiger partial charge in [-0.25, -0.2) is 4.99 Å². The van der Waals surface area contributed by atoms with E-state index in [-0.39, 0.29) is 6.92 Å². The first-order valence-electron chi connectivity index (χ1n) is 8.26. The van der Waals surface area contributed by atoms with Crippen LogP contribution in [0.4, 0.5) is 0 Å². The zero-order valence-electron chi connectivity index (χ0n) is 13.8. The van der Waals surface area contributed by atoms with Gasteiger partial charge in [0.15, 0.2) is 0 Å².